The molecular formula is C13H15NO3. The maximum absolute atomic E-state index is 11.8. The summed E-state index contributed by atoms with van der Waals surface area (Å²) < 4.78 is 0. The molecule has 3 rings (SSSR count). The largest absolute Gasteiger partial charge is 0.393 e. The lowest BCUT2D eigenvalue weighted by molar-refractivity contribution is -0.147. The van der Waals surface area contributed by atoms with Gasteiger partial charge in [-0.25, -0.2) is 5.48 Å². The maximum atomic E-state index is 11.8. The molecule has 0 saturated heterocycles. The topological polar surface area (TPSA) is 58.6 Å². The maximum Gasteiger partial charge on any atom is 0.250 e. The fourth-order valence-electron chi connectivity index (χ4n) is 2.64. The van der Waals surface area contributed by atoms with E-state index in [9.17, 15) is 9.90 Å². The van der Waals surface area contributed by atoms with Gasteiger partial charge < -0.3 is 5.11 Å². The molecular weight excluding hydrogens is 218 g/mol. The molecule has 0 radical (unpaired) electrons. The highest BCUT2D eigenvalue weighted by atomic mass is 16.7. The van der Waals surface area contributed by atoms with Crippen molar-refractivity contribution in [2.24, 2.45) is 11.3 Å². The van der Waals surface area contributed by atoms with Gasteiger partial charge in [0.05, 0.1) is 18.1 Å². The third kappa shape index (κ3) is 1.73. The quantitative estimate of drug-likeness (QED) is 0.763. The summed E-state index contributed by atoms with van der Waals surface area (Å²) in [6.07, 6.45) is 1.10. The first kappa shape index (κ1) is 10.7. The van der Waals surface area contributed by atoms with Crippen molar-refractivity contribution in [3.8, 4) is 0 Å². The van der Waals surface area contributed by atoms with Crippen LogP contribution in [-0.2, 0) is 16.2 Å². The van der Waals surface area contributed by atoms with Crippen LogP contribution in [0.1, 0.15) is 18.4 Å². The van der Waals surface area contributed by atoms with Crippen LogP contribution in [0.25, 0.3) is 0 Å². The first-order chi connectivity index (χ1) is 8.22. The second-order valence-corrected chi connectivity index (χ2v) is 4.94. The van der Waals surface area contributed by atoms with Crippen molar-refractivity contribution in [1.29, 1.82) is 0 Å². The van der Waals surface area contributed by atoms with E-state index in [0.717, 1.165) is 12.0 Å². The third-order valence-corrected chi connectivity index (χ3v) is 3.87. The highest BCUT2D eigenvalue weighted by Crippen LogP contribution is 2.67. The van der Waals surface area contributed by atoms with Gasteiger partial charge in [-0.05, 0) is 18.4 Å². The zero-order chi connectivity index (χ0) is 11.9. The number of hydroxylamine groups is 1. The van der Waals surface area contributed by atoms with Crippen molar-refractivity contribution < 1.29 is 14.7 Å². The Morgan fingerprint density at radius 2 is 2.18 bits per heavy atom. The van der Waals surface area contributed by atoms with Crippen molar-refractivity contribution in [1.82, 2.24) is 5.48 Å². The Bertz CT molecular complexity index is 434. The van der Waals surface area contributed by atoms with Crippen LogP contribution < -0.4 is 5.48 Å². The molecule has 1 amide bonds. The van der Waals surface area contributed by atoms with Crippen molar-refractivity contribution in [3.05, 3.63) is 35.9 Å². The number of rotatable bonds is 4. The van der Waals surface area contributed by atoms with Crippen molar-refractivity contribution in [2.45, 2.75) is 25.6 Å². The number of carbonyl (C=O) groups is 1. The summed E-state index contributed by atoms with van der Waals surface area (Å²) >= 11 is 0. The van der Waals surface area contributed by atoms with Crippen LogP contribution in [0.2, 0.25) is 0 Å². The molecule has 17 heavy (non-hydrogen) atoms. The van der Waals surface area contributed by atoms with Crippen LogP contribution in [-0.4, -0.2) is 17.1 Å². The Labute approximate surface area is 99.5 Å². The van der Waals surface area contributed by atoms with E-state index in [1.165, 1.54) is 0 Å². The molecule has 4 nitrogen and oxygen atoms in total. The van der Waals surface area contributed by atoms with Crippen LogP contribution in [0.5, 0.6) is 0 Å². The SMILES string of the molecule is O=C(NOCc1ccccc1)[C@]12C[C@@H](O)[C@H]1C2. The number of hydrogen-bond acceptors (Lipinski definition) is 3. The lowest BCUT2D eigenvalue weighted by Gasteiger charge is -2.29. The van der Waals surface area contributed by atoms with Crippen LogP contribution in [0.3, 0.4) is 0 Å². The number of aliphatic hydroxyl groups is 1. The molecule has 0 bridgehead atoms. The van der Waals surface area contributed by atoms with Crippen molar-refractivity contribution in [2.75, 3.05) is 0 Å². The van der Waals surface area contributed by atoms with Gasteiger partial charge in [-0.3, -0.25) is 9.63 Å². The lowest BCUT2D eigenvalue weighted by Crippen LogP contribution is -2.43. The van der Waals surface area contributed by atoms with Gasteiger partial charge in [-0.15, -0.1) is 0 Å². The summed E-state index contributed by atoms with van der Waals surface area (Å²) in [7, 11) is 0. The zero-order valence-electron chi connectivity index (χ0n) is 9.43. The number of benzene rings is 1. The average molecular weight is 233 g/mol. The highest BCUT2D eigenvalue weighted by Gasteiger charge is 2.71. The molecule has 2 fully saturated rings. The van der Waals surface area contributed by atoms with E-state index in [0.29, 0.717) is 13.0 Å². The summed E-state index contributed by atoms with van der Waals surface area (Å²) in [6.45, 7) is 0.371. The van der Waals surface area contributed by atoms with E-state index < -0.39 is 0 Å². The van der Waals surface area contributed by atoms with Gasteiger partial charge in [0.2, 0.25) is 5.91 Å². The number of carbonyl (C=O) groups excluding carboxylic acids is 1. The van der Waals surface area contributed by atoms with Gasteiger partial charge in [0.25, 0.3) is 0 Å². The van der Waals surface area contributed by atoms with Crippen LogP contribution in [0.4, 0.5) is 0 Å². The van der Waals surface area contributed by atoms with Crippen LogP contribution in [0.15, 0.2) is 30.3 Å². The van der Waals surface area contributed by atoms with Crippen molar-refractivity contribution in [3.63, 3.8) is 0 Å². The predicted octanol–water partition coefficient (Wildman–Crippen LogP) is 1.01. The molecule has 0 aromatic heterocycles. The second kappa shape index (κ2) is 3.82. The zero-order valence-corrected chi connectivity index (χ0v) is 9.43. The van der Waals surface area contributed by atoms with E-state index in [1.807, 2.05) is 30.3 Å². The highest BCUT2D eigenvalue weighted by molar-refractivity contribution is 5.87. The molecule has 0 unspecified atom stereocenters. The molecule has 2 aliphatic carbocycles. The summed E-state index contributed by atoms with van der Waals surface area (Å²) in [4.78, 5) is 17.0. The molecule has 1 aromatic carbocycles. The molecule has 1 aromatic rings. The molecule has 0 aliphatic heterocycles. The Morgan fingerprint density at radius 3 is 2.76 bits per heavy atom. The normalized spacial score (nSPS) is 33.5. The summed E-state index contributed by atoms with van der Waals surface area (Å²) in [5.74, 6) is 0.0894. The van der Waals surface area contributed by atoms with Gasteiger partial charge in [-0.2, -0.15) is 0 Å². The van der Waals surface area contributed by atoms with Gasteiger partial charge in [0.1, 0.15) is 0 Å². The fraction of sp³-hybridized carbons (Fsp3) is 0.462. The minimum Gasteiger partial charge on any atom is -0.393 e. The standard InChI is InChI=1S/C13H15NO3/c15-11-7-13(6-10(11)13)12(16)14-17-8-9-4-2-1-3-5-9/h1-5,10-11,15H,6-8H2,(H,14,16)/t10-,11-,13-/m1/s1. The van der Waals surface area contributed by atoms with E-state index in [-0.39, 0.29) is 23.3 Å². The number of nitrogens with one attached hydrogen (secondary N) is 1. The minimum atomic E-state index is -0.309. The summed E-state index contributed by atoms with van der Waals surface area (Å²) in [5, 5.41) is 9.35. The van der Waals surface area contributed by atoms with Crippen molar-refractivity contribution >= 4 is 5.91 Å². The van der Waals surface area contributed by atoms with Crippen LogP contribution >= 0.6 is 0 Å². The summed E-state index contributed by atoms with van der Waals surface area (Å²) in [5.41, 5.74) is 3.20. The number of aliphatic hydroxyl groups excluding tert-OH is 1. The lowest BCUT2D eigenvalue weighted by atomic mass is 9.81. The van der Waals surface area contributed by atoms with E-state index in [2.05, 4.69) is 5.48 Å². The number of amides is 1. The van der Waals surface area contributed by atoms with Crippen LogP contribution in [0, 0.1) is 11.3 Å². The summed E-state index contributed by atoms with van der Waals surface area (Å²) in [6, 6.07) is 9.68. The Kier molecular flexibility index (Phi) is 2.42. The molecule has 4 heteroatoms. The fourth-order valence-corrected chi connectivity index (χ4v) is 2.64. The van der Waals surface area contributed by atoms with Gasteiger partial charge >= 0.3 is 0 Å². The molecule has 2 aliphatic rings. The molecule has 90 valence electrons. The molecule has 2 saturated carbocycles. The number of fused-ring (bicyclic) bond motifs is 1. The molecule has 0 spiro atoms. The first-order valence-electron chi connectivity index (χ1n) is 5.86. The minimum absolute atomic E-state index is 0.0799. The molecule has 0 heterocycles. The Hall–Kier alpha value is -1.39. The van der Waals surface area contributed by atoms with E-state index in [4.69, 9.17) is 4.84 Å². The number of hydrogen-bond donors (Lipinski definition) is 2. The van der Waals surface area contributed by atoms with Gasteiger partial charge in [0.15, 0.2) is 0 Å². The third-order valence-electron chi connectivity index (χ3n) is 3.87. The van der Waals surface area contributed by atoms with E-state index >= 15 is 0 Å². The first-order valence-corrected chi connectivity index (χ1v) is 5.86. The monoisotopic (exact) mass is 233 g/mol. The Balaban J connectivity index is 1.45. The Morgan fingerprint density at radius 1 is 1.41 bits per heavy atom. The molecule has 2 N–H and O–H groups in total. The average Bonchev–Trinajstić information content (AvgIpc) is 2.97. The smallest absolute Gasteiger partial charge is 0.250 e. The predicted molar refractivity (Wildman–Crippen MR) is 60.5 cm³/mol. The van der Waals surface area contributed by atoms with Gasteiger partial charge in [0, 0.05) is 5.92 Å². The van der Waals surface area contributed by atoms with Gasteiger partial charge in [-0.1, -0.05) is 30.3 Å². The molecule has 3 atom stereocenters. The van der Waals surface area contributed by atoms with E-state index in [1.54, 1.807) is 0 Å². The second-order valence-electron chi connectivity index (χ2n) is 4.94.